The predicted octanol–water partition coefficient (Wildman–Crippen LogP) is 13.0. The van der Waals surface area contributed by atoms with Gasteiger partial charge in [-0.15, -0.1) is 0 Å². The molecule has 0 fully saturated rings. The van der Waals surface area contributed by atoms with Gasteiger partial charge in [-0.2, -0.15) is 0 Å². The molecule has 8 aromatic carbocycles. The summed E-state index contributed by atoms with van der Waals surface area (Å²) in [7, 11) is 0. The second kappa shape index (κ2) is 11.0. The molecule has 0 spiro atoms. The van der Waals surface area contributed by atoms with E-state index in [0.717, 1.165) is 44.7 Å². The fraction of sp³-hybridized carbons (Fsp3) is 0. The number of furan rings is 1. The van der Waals surface area contributed by atoms with Gasteiger partial charge < -0.3 is 13.9 Å². The Hall–Kier alpha value is -6.58. The third-order valence-electron chi connectivity index (χ3n) is 9.76. The minimum Gasteiger partial charge on any atom is -0.456 e. The Bertz CT molecular complexity index is 2810. The average Bonchev–Trinajstić information content (AvgIpc) is 3.72. The minimum atomic E-state index is 0.910. The number of para-hydroxylation sites is 3. The summed E-state index contributed by atoms with van der Waals surface area (Å²) in [6, 6.07) is 65.0. The molecule has 0 amide bonds. The first kappa shape index (κ1) is 27.5. The molecule has 10 aromatic rings. The summed E-state index contributed by atoms with van der Waals surface area (Å²) in [5.41, 5.74) is 11.0. The fourth-order valence-corrected chi connectivity index (χ4v) is 7.58. The van der Waals surface area contributed by atoms with Crippen LogP contribution in [-0.2, 0) is 0 Å². The van der Waals surface area contributed by atoms with E-state index in [4.69, 9.17) is 4.42 Å². The topological polar surface area (TPSA) is 21.3 Å². The molecule has 49 heavy (non-hydrogen) atoms. The highest BCUT2D eigenvalue weighted by Crippen LogP contribution is 2.45. The molecule has 0 saturated heterocycles. The van der Waals surface area contributed by atoms with Crippen LogP contribution in [0.4, 0.5) is 17.1 Å². The fourth-order valence-electron chi connectivity index (χ4n) is 7.58. The predicted molar refractivity (Wildman–Crippen MR) is 206 cm³/mol. The van der Waals surface area contributed by atoms with Crippen LogP contribution in [0.15, 0.2) is 186 Å². The SMILES string of the molecule is c1ccc(-c2ccc(N(c3ccc4c(ccc5oc6ccccc6c54)c3)c3cccc4c3c3ccccc3n4-c3ccccc3)cc2)cc1. The standard InChI is InChI=1S/C46H30N2O/c1-3-12-31(13-4-1)32-22-25-35(26-23-32)47(36-27-28-37-33(30-36)24-29-44-45(37)39-17-8-10-21-43(39)49-44)41-19-11-20-42-46(41)38-16-7-9-18-40(38)48(42)34-14-5-2-6-15-34/h1-30H. The van der Waals surface area contributed by atoms with Crippen LogP contribution in [0.1, 0.15) is 0 Å². The molecule has 0 aliphatic heterocycles. The molecular formula is C46H30N2O. The van der Waals surface area contributed by atoms with Crippen LogP contribution in [0, 0.1) is 0 Å². The average molecular weight is 627 g/mol. The highest BCUT2D eigenvalue weighted by molar-refractivity contribution is 6.20. The van der Waals surface area contributed by atoms with Gasteiger partial charge in [-0.25, -0.2) is 0 Å². The lowest BCUT2D eigenvalue weighted by atomic mass is 10.0. The molecule has 3 heteroatoms. The van der Waals surface area contributed by atoms with Crippen LogP contribution >= 0.6 is 0 Å². The smallest absolute Gasteiger partial charge is 0.136 e. The van der Waals surface area contributed by atoms with Gasteiger partial charge in [0.2, 0.25) is 0 Å². The molecule has 2 aromatic heterocycles. The zero-order valence-corrected chi connectivity index (χ0v) is 26.6. The molecule has 230 valence electrons. The van der Waals surface area contributed by atoms with Crippen LogP contribution in [0.25, 0.3) is 71.3 Å². The van der Waals surface area contributed by atoms with Crippen molar-refractivity contribution in [2.24, 2.45) is 0 Å². The lowest BCUT2D eigenvalue weighted by Crippen LogP contribution is -2.10. The number of anilines is 3. The molecular weight excluding hydrogens is 597 g/mol. The van der Waals surface area contributed by atoms with E-state index in [1.807, 2.05) is 12.1 Å². The van der Waals surface area contributed by atoms with Gasteiger partial charge in [0.25, 0.3) is 0 Å². The van der Waals surface area contributed by atoms with Crippen molar-refractivity contribution in [1.82, 2.24) is 4.57 Å². The summed E-state index contributed by atoms with van der Waals surface area (Å²) in [5.74, 6) is 0. The number of fused-ring (bicyclic) bond motifs is 8. The maximum absolute atomic E-state index is 6.24. The van der Waals surface area contributed by atoms with Gasteiger partial charge in [0.1, 0.15) is 11.2 Å². The quantitative estimate of drug-likeness (QED) is 0.190. The van der Waals surface area contributed by atoms with Crippen molar-refractivity contribution in [3.05, 3.63) is 182 Å². The van der Waals surface area contributed by atoms with Crippen molar-refractivity contribution in [1.29, 1.82) is 0 Å². The number of hydrogen-bond donors (Lipinski definition) is 0. The van der Waals surface area contributed by atoms with E-state index < -0.39 is 0 Å². The Morgan fingerprint density at radius 2 is 1.08 bits per heavy atom. The summed E-state index contributed by atoms with van der Waals surface area (Å²) in [6.07, 6.45) is 0. The summed E-state index contributed by atoms with van der Waals surface area (Å²) in [5, 5.41) is 7.08. The van der Waals surface area contributed by atoms with E-state index in [-0.39, 0.29) is 0 Å². The van der Waals surface area contributed by atoms with Crippen LogP contribution in [0.5, 0.6) is 0 Å². The van der Waals surface area contributed by atoms with Gasteiger partial charge in [-0.3, -0.25) is 0 Å². The number of benzene rings is 8. The van der Waals surface area contributed by atoms with Crippen molar-refractivity contribution >= 4 is 71.6 Å². The van der Waals surface area contributed by atoms with Crippen LogP contribution in [0.2, 0.25) is 0 Å². The molecule has 2 heterocycles. The molecule has 0 N–H and O–H groups in total. The maximum Gasteiger partial charge on any atom is 0.136 e. The summed E-state index contributed by atoms with van der Waals surface area (Å²) in [4.78, 5) is 2.41. The molecule has 0 aliphatic carbocycles. The Morgan fingerprint density at radius 3 is 1.92 bits per heavy atom. The maximum atomic E-state index is 6.24. The first-order valence-corrected chi connectivity index (χ1v) is 16.7. The van der Waals surface area contributed by atoms with Crippen molar-refractivity contribution in [2.45, 2.75) is 0 Å². The molecule has 0 unspecified atom stereocenters. The highest BCUT2D eigenvalue weighted by Gasteiger charge is 2.22. The molecule has 0 bridgehead atoms. The van der Waals surface area contributed by atoms with Crippen molar-refractivity contribution in [3.8, 4) is 16.8 Å². The van der Waals surface area contributed by atoms with E-state index in [1.165, 1.54) is 43.7 Å². The number of hydrogen-bond acceptors (Lipinski definition) is 2. The highest BCUT2D eigenvalue weighted by atomic mass is 16.3. The molecule has 0 aliphatic rings. The first-order valence-electron chi connectivity index (χ1n) is 16.7. The second-order valence-corrected chi connectivity index (χ2v) is 12.6. The second-order valence-electron chi connectivity index (χ2n) is 12.6. The zero-order valence-electron chi connectivity index (χ0n) is 26.6. The Morgan fingerprint density at radius 1 is 0.408 bits per heavy atom. The Balaban J connectivity index is 1.24. The van der Waals surface area contributed by atoms with Crippen molar-refractivity contribution in [2.75, 3.05) is 4.90 Å². The van der Waals surface area contributed by atoms with Gasteiger partial charge >= 0.3 is 0 Å². The summed E-state index contributed by atoms with van der Waals surface area (Å²) >= 11 is 0. The third kappa shape index (κ3) is 4.37. The van der Waals surface area contributed by atoms with Gasteiger partial charge in [0, 0.05) is 38.6 Å². The number of nitrogens with zero attached hydrogens (tertiary/aromatic N) is 2. The van der Waals surface area contributed by atoms with Crippen molar-refractivity contribution < 1.29 is 4.42 Å². The lowest BCUT2D eigenvalue weighted by molar-refractivity contribution is 0.669. The number of rotatable bonds is 5. The summed E-state index contributed by atoms with van der Waals surface area (Å²) in [6.45, 7) is 0. The van der Waals surface area contributed by atoms with E-state index in [1.54, 1.807) is 0 Å². The largest absolute Gasteiger partial charge is 0.456 e. The Labute approximate surface area is 283 Å². The molecule has 0 atom stereocenters. The third-order valence-corrected chi connectivity index (χ3v) is 9.76. The molecule has 10 rings (SSSR count). The van der Waals surface area contributed by atoms with E-state index >= 15 is 0 Å². The monoisotopic (exact) mass is 626 g/mol. The van der Waals surface area contributed by atoms with Crippen LogP contribution < -0.4 is 4.90 Å². The van der Waals surface area contributed by atoms with Crippen LogP contribution in [-0.4, -0.2) is 4.57 Å². The lowest BCUT2D eigenvalue weighted by Gasteiger charge is -2.27. The van der Waals surface area contributed by atoms with E-state index in [9.17, 15) is 0 Å². The first-order chi connectivity index (χ1) is 24.3. The van der Waals surface area contributed by atoms with E-state index in [2.05, 4.69) is 179 Å². The van der Waals surface area contributed by atoms with Crippen molar-refractivity contribution in [3.63, 3.8) is 0 Å². The van der Waals surface area contributed by atoms with Gasteiger partial charge in [-0.05, 0) is 88.6 Å². The minimum absolute atomic E-state index is 0.910. The van der Waals surface area contributed by atoms with Gasteiger partial charge in [-0.1, -0.05) is 115 Å². The van der Waals surface area contributed by atoms with Gasteiger partial charge in [0.15, 0.2) is 0 Å². The number of aromatic nitrogens is 1. The van der Waals surface area contributed by atoms with E-state index in [0.29, 0.717) is 0 Å². The Kier molecular flexibility index (Phi) is 6.18. The zero-order chi connectivity index (χ0) is 32.3. The molecule has 0 radical (unpaired) electrons. The summed E-state index contributed by atoms with van der Waals surface area (Å²) < 4.78 is 8.62. The molecule has 0 saturated carbocycles. The normalized spacial score (nSPS) is 11.7. The molecule has 3 nitrogen and oxygen atoms in total. The van der Waals surface area contributed by atoms with Gasteiger partial charge in [0.05, 0.1) is 16.7 Å². The van der Waals surface area contributed by atoms with Crippen LogP contribution in [0.3, 0.4) is 0 Å².